The molecular formula is C34H41N3O4. The molecule has 0 aliphatic carbocycles. The quantitative estimate of drug-likeness (QED) is 0.361. The van der Waals surface area contributed by atoms with Crippen LogP contribution in [0.2, 0.25) is 0 Å². The van der Waals surface area contributed by atoms with Gasteiger partial charge in [0.25, 0.3) is 5.91 Å². The summed E-state index contributed by atoms with van der Waals surface area (Å²) in [4.78, 5) is 18.0. The Hall–Kier alpha value is -3.07. The first-order valence-corrected chi connectivity index (χ1v) is 15.1. The third-order valence-corrected chi connectivity index (χ3v) is 8.67. The highest BCUT2D eigenvalue weighted by molar-refractivity contribution is 6.04. The smallest absolute Gasteiger partial charge is 0.255 e. The minimum atomic E-state index is -0.551. The van der Waals surface area contributed by atoms with Crippen LogP contribution in [-0.4, -0.2) is 65.7 Å². The van der Waals surface area contributed by atoms with E-state index in [-0.39, 0.29) is 24.7 Å². The molecule has 3 heterocycles. The van der Waals surface area contributed by atoms with Crippen LogP contribution in [0.1, 0.15) is 71.5 Å². The number of rotatable bonds is 9. The number of aliphatic hydroxyl groups excluding tert-OH is 1. The lowest BCUT2D eigenvalue weighted by molar-refractivity contribution is -0.253. The van der Waals surface area contributed by atoms with Crippen LogP contribution in [0.25, 0.3) is 0 Å². The molecule has 41 heavy (non-hydrogen) atoms. The highest BCUT2D eigenvalue weighted by atomic mass is 16.7. The molecule has 3 aromatic carbocycles. The van der Waals surface area contributed by atoms with Crippen molar-refractivity contribution < 1.29 is 19.4 Å². The maximum atomic E-state index is 12.8. The van der Waals surface area contributed by atoms with Gasteiger partial charge in [0.2, 0.25) is 0 Å². The minimum Gasteiger partial charge on any atom is -0.392 e. The summed E-state index contributed by atoms with van der Waals surface area (Å²) in [6, 6.07) is 25.6. The Balaban J connectivity index is 1.20. The highest BCUT2D eigenvalue weighted by Crippen LogP contribution is 2.39. The standard InChI is InChI=1S/C34H41N3O4/c38-24-25-13-15-26(16-14-25)32-21-31(23-37-19-7-12-30(37)22-36-17-4-5-18-36)40-34(41-32)28-10-6-11-29(20-28)35-33(39)27-8-2-1-3-9-27/h1-3,6,8-11,13-16,20,30-32,34,38H,4-5,7,12,17-19,21-24H2,(H,35,39)/t30-,31-,32+,34+/m0/s1. The molecule has 4 atom stereocenters. The Morgan fingerprint density at radius 3 is 2.44 bits per heavy atom. The van der Waals surface area contributed by atoms with Crippen molar-refractivity contribution in [3.05, 3.63) is 101 Å². The maximum Gasteiger partial charge on any atom is 0.255 e. The van der Waals surface area contributed by atoms with Gasteiger partial charge in [-0.15, -0.1) is 0 Å². The van der Waals surface area contributed by atoms with Gasteiger partial charge < -0.3 is 24.8 Å². The number of nitrogens with zero attached hydrogens (tertiary/aromatic N) is 2. The van der Waals surface area contributed by atoms with Gasteiger partial charge >= 0.3 is 0 Å². The van der Waals surface area contributed by atoms with E-state index in [9.17, 15) is 9.90 Å². The molecule has 3 fully saturated rings. The SMILES string of the molecule is O=C(Nc1cccc([C@@H]2O[C@H](CN3CCC[C@H]3CN3CCCC3)C[C@H](c3ccc(CO)cc3)O2)c1)c1ccccc1. The lowest BCUT2D eigenvalue weighted by atomic mass is 9.99. The Labute approximate surface area is 243 Å². The van der Waals surface area contributed by atoms with E-state index >= 15 is 0 Å². The Morgan fingerprint density at radius 1 is 0.854 bits per heavy atom. The second-order valence-electron chi connectivity index (χ2n) is 11.6. The molecule has 0 radical (unpaired) electrons. The number of amides is 1. The normalized spacial score (nSPS) is 25.4. The van der Waals surface area contributed by atoms with E-state index in [1.807, 2.05) is 54.6 Å². The first-order valence-electron chi connectivity index (χ1n) is 15.1. The van der Waals surface area contributed by atoms with Gasteiger partial charge in [0.15, 0.2) is 6.29 Å². The lowest BCUT2D eigenvalue weighted by Crippen LogP contribution is -2.45. The summed E-state index contributed by atoms with van der Waals surface area (Å²) in [5.41, 5.74) is 4.18. The topological polar surface area (TPSA) is 74.3 Å². The summed E-state index contributed by atoms with van der Waals surface area (Å²) in [5, 5.41) is 12.5. The van der Waals surface area contributed by atoms with Crippen LogP contribution in [0.4, 0.5) is 5.69 Å². The number of aliphatic hydroxyl groups is 1. The Kier molecular flexibility index (Phi) is 9.09. The molecule has 0 spiro atoms. The summed E-state index contributed by atoms with van der Waals surface area (Å²) in [6.45, 7) is 5.62. The first-order chi connectivity index (χ1) is 20.1. The second-order valence-corrected chi connectivity index (χ2v) is 11.6. The molecule has 7 heteroatoms. The van der Waals surface area contributed by atoms with Gasteiger partial charge in [0, 0.05) is 42.4 Å². The minimum absolute atomic E-state index is 0.0120. The van der Waals surface area contributed by atoms with Crippen molar-refractivity contribution in [3.63, 3.8) is 0 Å². The van der Waals surface area contributed by atoms with Crippen molar-refractivity contribution in [2.75, 3.05) is 38.0 Å². The molecule has 216 valence electrons. The van der Waals surface area contributed by atoms with Gasteiger partial charge in [0.05, 0.1) is 18.8 Å². The van der Waals surface area contributed by atoms with Gasteiger partial charge in [-0.2, -0.15) is 0 Å². The number of carbonyl (C=O) groups excluding carboxylic acids is 1. The number of benzene rings is 3. The molecular weight excluding hydrogens is 514 g/mol. The Morgan fingerprint density at radius 2 is 1.66 bits per heavy atom. The van der Waals surface area contributed by atoms with E-state index < -0.39 is 6.29 Å². The largest absolute Gasteiger partial charge is 0.392 e. The van der Waals surface area contributed by atoms with Crippen LogP contribution in [-0.2, 0) is 16.1 Å². The molecule has 0 unspecified atom stereocenters. The van der Waals surface area contributed by atoms with Gasteiger partial charge in [-0.05, 0) is 80.7 Å². The van der Waals surface area contributed by atoms with Crippen molar-refractivity contribution in [3.8, 4) is 0 Å². The van der Waals surface area contributed by atoms with Crippen LogP contribution in [0.3, 0.4) is 0 Å². The molecule has 3 aliphatic rings. The van der Waals surface area contributed by atoms with E-state index in [2.05, 4.69) is 27.2 Å². The van der Waals surface area contributed by atoms with E-state index in [1.54, 1.807) is 12.1 Å². The molecule has 0 saturated carbocycles. The van der Waals surface area contributed by atoms with Gasteiger partial charge in [0.1, 0.15) is 0 Å². The van der Waals surface area contributed by atoms with Crippen LogP contribution < -0.4 is 5.32 Å². The predicted molar refractivity (Wildman–Crippen MR) is 160 cm³/mol. The van der Waals surface area contributed by atoms with Gasteiger partial charge in [-0.3, -0.25) is 9.69 Å². The van der Waals surface area contributed by atoms with Crippen LogP contribution >= 0.6 is 0 Å². The van der Waals surface area contributed by atoms with E-state index in [1.165, 1.54) is 38.8 Å². The lowest BCUT2D eigenvalue weighted by Gasteiger charge is -2.39. The molecule has 0 aromatic heterocycles. The van der Waals surface area contributed by atoms with Crippen LogP contribution in [0, 0.1) is 0 Å². The molecule has 2 N–H and O–H groups in total. The van der Waals surface area contributed by atoms with E-state index in [4.69, 9.17) is 9.47 Å². The monoisotopic (exact) mass is 555 g/mol. The number of likely N-dealkylation sites (tertiary alicyclic amines) is 2. The van der Waals surface area contributed by atoms with Gasteiger partial charge in [-0.25, -0.2) is 0 Å². The average molecular weight is 556 g/mol. The molecule has 0 bridgehead atoms. The number of ether oxygens (including phenoxy) is 2. The van der Waals surface area contributed by atoms with Gasteiger partial charge in [-0.1, -0.05) is 54.6 Å². The molecule has 3 aliphatic heterocycles. The zero-order valence-corrected chi connectivity index (χ0v) is 23.7. The molecule has 3 saturated heterocycles. The summed E-state index contributed by atoms with van der Waals surface area (Å²) >= 11 is 0. The number of nitrogens with one attached hydrogen (secondary N) is 1. The fraction of sp³-hybridized carbons (Fsp3) is 0.441. The Bertz CT molecular complexity index is 1280. The summed E-state index contributed by atoms with van der Waals surface area (Å²) in [5.74, 6) is -0.147. The number of carbonyl (C=O) groups is 1. The predicted octanol–water partition coefficient (Wildman–Crippen LogP) is 5.54. The number of hydrogen-bond acceptors (Lipinski definition) is 6. The first kappa shape index (κ1) is 28.1. The zero-order chi connectivity index (χ0) is 28.0. The van der Waals surface area contributed by atoms with Crippen molar-refractivity contribution in [1.82, 2.24) is 9.80 Å². The summed E-state index contributed by atoms with van der Waals surface area (Å²) in [7, 11) is 0. The average Bonchev–Trinajstić information content (AvgIpc) is 3.70. The second kappa shape index (κ2) is 13.3. The fourth-order valence-corrected chi connectivity index (χ4v) is 6.46. The van der Waals surface area contributed by atoms with Crippen LogP contribution in [0.15, 0.2) is 78.9 Å². The number of hydrogen-bond donors (Lipinski definition) is 2. The molecule has 3 aromatic rings. The maximum absolute atomic E-state index is 12.8. The molecule has 7 nitrogen and oxygen atoms in total. The third kappa shape index (κ3) is 7.05. The van der Waals surface area contributed by atoms with Crippen molar-refractivity contribution in [2.45, 2.75) is 63.3 Å². The molecule has 6 rings (SSSR count). The molecule has 1 amide bonds. The van der Waals surface area contributed by atoms with E-state index in [0.717, 1.165) is 42.7 Å². The fourth-order valence-electron chi connectivity index (χ4n) is 6.46. The third-order valence-electron chi connectivity index (χ3n) is 8.67. The zero-order valence-electron chi connectivity index (χ0n) is 23.7. The van der Waals surface area contributed by atoms with Crippen LogP contribution in [0.5, 0.6) is 0 Å². The van der Waals surface area contributed by atoms with Crippen molar-refractivity contribution in [2.24, 2.45) is 0 Å². The summed E-state index contributed by atoms with van der Waals surface area (Å²) in [6.07, 6.45) is 5.22. The summed E-state index contributed by atoms with van der Waals surface area (Å²) < 4.78 is 13.2. The van der Waals surface area contributed by atoms with Crippen molar-refractivity contribution in [1.29, 1.82) is 0 Å². The highest BCUT2D eigenvalue weighted by Gasteiger charge is 2.36. The van der Waals surface area contributed by atoms with E-state index in [0.29, 0.717) is 17.3 Å². The van der Waals surface area contributed by atoms with Crippen molar-refractivity contribution >= 4 is 11.6 Å². The number of anilines is 1.